The zero-order valence-electron chi connectivity index (χ0n) is 13.2. The molecular formula is C16H28N2O. The van der Waals surface area contributed by atoms with Gasteiger partial charge in [-0.1, -0.05) is 12.1 Å². The third-order valence-electron chi connectivity index (χ3n) is 3.60. The Morgan fingerprint density at radius 2 is 2.00 bits per heavy atom. The van der Waals surface area contributed by atoms with E-state index < -0.39 is 0 Å². The molecule has 19 heavy (non-hydrogen) atoms. The van der Waals surface area contributed by atoms with Crippen LogP contribution in [0.1, 0.15) is 31.9 Å². The molecule has 0 atom stereocenters. The van der Waals surface area contributed by atoms with Crippen molar-refractivity contribution in [2.45, 2.75) is 39.8 Å². The van der Waals surface area contributed by atoms with Gasteiger partial charge in [0.05, 0.1) is 6.61 Å². The summed E-state index contributed by atoms with van der Waals surface area (Å²) in [6.07, 6.45) is 0. The Morgan fingerprint density at radius 3 is 2.53 bits per heavy atom. The Kier molecular flexibility index (Phi) is 5.83. The van der Waals surface area contributed by atoms with Crippen molar-refractivity contribution in [1.82, 2.24) is 10.2 Å². The molecule has 0 unspecified atom stereocenters. The van der Waals surface area contributed by atoms with E-state index in [1.165, 1.54) is 11.1 Å². The Hall–Kier alpha value is -1.06. The average molecular weight is 264 g/mol. The standard InChI is InChI=1S/C16H28N2O/c1-7-19-15-9-8-14(10-13(15)2)11-18(6)16(3,4)12-17-5/h8-10,17H,7,11-12H2,1-6H3. The number of aryl methyl sites for hydroxylation is 1. The molecule has 0 aliphatic heterocycles. The first kappa shape index (κ1) is 16.0. The van der Waals surface area contributed by atoms with Gasteiger partial charge in [0.15, 0.2) is 0 Å². The topological polar surface area (TPSA) is 24.5 Å². The zero-order valence-corrected chi connectivity index (χ0v) is 13.2. The van der Waals surface area contributed by atoms with Crippen molar-refractivity contribution in [3.05, 3.63) is 29.3 Å². The molecular weight excluding hydrogens is 236 g/mol. The molecule has 3 heteroatoms. The lowest BCUT2D eigenvalue weighted by Gasteiger charge is -2.35. The summed E-state index contributed by atoms with van der Waals surface area (Å²) in [5.41, 5.74) is 2.67. The van der Waals surface area contributed by atoms with Crippen LogP contribution in [0.3, 0.4) is 0 Å². The molecule has 0 radical (unpaired) electrons. The molecule has 0 aromatic heterocycles. The number of ether oxygens (including phenoxy) is 1. The van der Waals surface area contributed by atoms with Crippen molar-refractivity contribution >= 4 is 0 Å². The van der Waals surface area contributed by atoms with Gasteiger partial charge in [-0.15, -0.1) is 0 Å². The summed E-state index contributed by atoms with van der Waals surface area (Å²) < 4.78 is 5.58. The molecule has 1 N–H and O–H groups in total. The van der Waals surface area contributed by atoms with Crippen molar-refractivity contribution < 1.29 is 4.74 Å². The quantitative estimate of drug-likeness (QED) is 0.819. The molecule has 0 fully saturated rings. The van der Waals surface area contributed by atoms with E-state index in [-0.39, 0.29) is 5.54 Å². The fourth-order valence-electron chi connectivity index (χ4n) is 2.18. The highest BCUT2D eigenvalue weighted by molar-refractivity contribution is 5.36. The number of nitrogens with one attached hydrogen (secondary N) is 1. The van der Waals surface area contributed by atoms with Gasteiger partial charge in [-0.3, -0.25) is 4.90 Å². The highest BCUT2D eigenvalue weighted by atomic mass is 16.5. The third kappa shape index (κ3) is 4.51. The second-order valence-corrected chi connectivity index (χ2v) is 5.73. The van der Waals surface area contributed by atoms with E-state index in [4.69, 9.17) is 4.74 Å². The Labute approximate surface area is 118 Å². The van der Waals surface area contributed by atoms with Crippen molar-refractivity contribution in [3.8, 4) is 5.75 Å². The monoisotopic (exact) mass is 264 g/mol. The zero-order chi connectivity index (χ0) is 14.5. The molecule has 0 aliphatic carbocycles. The average Bonchev–Trinajstić information content (AvgIpc) is 2.32. The Balaban J connectivity index is 2.74. The number of nitrogens with zero attached hydrogens (tertiary/aromatic N) is 1. The number of rotatable bonds is 7. The molecule has 1 rings (SSSR count). The van der Waals surface area contributed by atoms with Crippen molar-refractivity contribution in [2.75, 3.05) is 27.2 Å². The van der Waals surface area contributed by atoms with Crippen LogP contribution < -0.4 is 10.1 Å². The fourth-order valence-corrected chi connectivity index (χ4v) is 2.18. The van der Waals surface area contributed by atoms with Gasteiger partial charge >= 0.3 is 0 Å². The molecule has 0 spiro atoms. The summed E-state index contributed by atoms with van der Waals surface area (Å²) in [4.78, 5) is 2.37. The van der Waals surface area contributed by atoms with Crippen LogP contribution in [0.5, 0.6) is 5.75 Å². The van der Waals surface area contributed by atoms with Crippen LogP contribution in [0.4, 0.5) is 0 Å². The van der Waals surface area contributed by atoms with Crippen LogP contribution in [-0.2, 0) is 6.54 Å². The predicted octanol–water partition coefficient (Wildman–Crippen LogP) is 2.82. The summed E-state index contributed by atoms with van der Waals surface area (Å²) in [5.74, 6) is 0.989. The van der Waals surface area contributed by atoms with Crippen LogP contribution in [0.15, 0.2) is 18.2 Å². The van der Waals surface area contributed by atoms with Gasteiger partial charge in [-0.2, -0.15) is 0 Å². The van der Waals surface area contributed by atoms with E-state index in [1.807, 2.05) is 14.0 Å². The molecule has 1 aromatic rings. The summed E-state index contributed by atoms with van der Waals surface area (Å²) in [6, 6.07) is 6.45. The van der Waals surface area contributed by atoms with Crippen LogP contribution >= 0.6 is 0 Å². The molecule has 0 saturated carbocycles. The molecule has 1 aromatic carbocycles. The van der Waals surface area contributed by atoms with Gasteiger partial charge in [0.25, 0.3) is 0 Å². The molecule has 0 aliphatic rings. The number of benzene rings is 1. The first-order valence-electron chi connectivity index (χ1n) is 6.99. The van der Waals surface area contributed by atoms with E-state index >= 15 is 0 Å². The van der Waals surface area contributed by atoms with Crippen molar-refractivity contribution in [3.63, 3.8) is 0 Å². The van der Waals surface area contributed by atoms with Crippen molar-refractivity contribution in [1.29, 1.82) is 0 Å². The fraction of sp³-hybridized carbons (Fsp3) is 0.625. The van der Waals surface area contributed by atoms with Gasteiger partial charge in [0, 0.05) is 18.6 Å². The minimum Gasteiger partial charge on any atom is -0.494 e. The van der Waals surface area contributed by atoms with Crippen LogP contribution in [0.2, 0.25) is 0 Å². The number of likely N-dealkylation sites (N-methyl/N-ethyl adjacent to an activating group) is 2. The van der Waals surface area contributed by atoms with E-state index in [0.29, 0.717) is 0 Å². The second kappa shape index (κ2) is 6.92. The van der Waals surface area contributed by atoms with Crippen LogP contribution in [0.25, 0.3) is 0 Å². The maximum absolute atomic E-state index is 5.58. The minimum atomic E-state index is 0.140. The Bertz CT molecular complexity index is 402. The first-order valence-corrected chi connectivity index (χ1v) is 6.99. The highest BCUT2D eigenvalue weighted by Gasteiger charge is 2.22. The van der Waals surface area contributed by atoms with E-state index in [2.05, 4.69) is 56.2 Å². The van der Waals surface area contributed by atoms with Gasteiger partial charge in [0.2, 0.25) is 0 Å². The van der Waals surface area contributed by atoms with Crippen molar-refractivity contribution in [2.24, 2.45) is 0 Å². The van der Waals surface area contributed by atoms with Gasteiger partial charge in [-0.25, -0.2) is 0 Å². The minimum absolute atomic E-state index is 0.140. The molecule has 108 valence electrons. The summed E-state index contributed by atoms with van der Waals surface area (Å²) >= 11 is 0. The second-order valence-electron chi connectivity index (χ2n) is 5.73. The lowest BCUT2D eigenvalue weighted by atomic mass is 10.0. The molecule has 0 saturated heterocycles. The summed E-state index contributed by atoms with van der Waals surface area (Å²) in [7, 11) is 4.17. The maximum Gasteiger partial charge on any atom is 0.122 e. The Morgan fingerprint density at radius 1 is 1.32 bits per heavy atom. The summed E-state index contributed by atoms with van der Waals surface area (Å²) in [5, 5.41) is 3.25. The number of hydrogen-bond donors (Lipinski definition) is 1. The van der Waals surface area contributed by atoms with Gasteiger partial charge in [0.1, 0.15) is 5.75 Å². The molecule has 0 amide bonds. The van der Waals surface area contributed by atoms with Gasteiger partial charge < -0.3 is 10.1 Å². The maximum atomic E-state index is 5.58. The first-order chi connectivity index (χ1) is 8.90. The normalized spacial score (nSPS) is 11.9. The molecule has 3 nitrogen and oxygen atoms in total. The predicted molar refractivity (Wildman–Crippen MR) is 81.8 cm³/mol. The number of hydrogen-bond acceptors (Lipinski definition) is 3. The van der Waals surface area contributed by atoms with Crippen LogP contribution in [-0.4, -0.2) is 37.7 Å². The van der Waals surface area contributed by atoms with Crippen LogP contribution in [0, 0.1) is 6.92 Å². The smallest absolute Gasteiger partial charge is 0.122 e. The SMILES string of the molecule is CCOc1ccc(CN(C)C(C)(C)CNC)cc1C. The van der Waals surface area contributed by atoms with E-state index in [0.717, 1.165) is 25.4 Å². The van der Waals surface area contributed by atoms with E-state index in [1.54, 1.807) is 0 Å². The van der Waals surface area contributed by atoms with Gasteiger partial charge in [-0.05, 0) is 59.0 Å². The lowest BCUT2D eigenvalue weighted by Crippen LogP contribution is -2.47. The molecule has 0 bridgehead atoms. The molecule has 0 heterocycles. The largest absolute Gasteiger partial charge is 0.494 e. The highest BCUT2D eigenvalue weighted by Crippen LogP contribution is 2.21. The summed E-state index contributed by atoms with van der Waals surface area (Å²) in [6.45, 7) is 11.3. The third-order valence-corrected chi connectivity index (χ3v) is 3.60. The van der Waals surface area contributed by atoms with E-state index in [9.17, 15) is 0 Å². The lowest BCUT2D eigenvalue weighted by molar-refractivity contribution is 0.147.